The Labute approximate surface area is 171 Å². The fourth-order valence-electron chi connectivity index (χ4n) is 3.29. The van der Waals surface area contributed by atoms with E-state index >= 15 is 0 Å². The highest BCUT2D eigenvalue weighted by atomic mass is 16.5. The molecule has 154 valence electrons. The number of benzene rings is 2. The molecule has 2 aromatic rings. The molecule has 6 nitrogen and oxygen atoms in total. The van der Waals surface area contributed by atoms with E-state index in [1.165, 1.54) is 0 Å². The second-order valence-electron chi connectivity index (χ2n) is 6.72. The van der Waals surface area contributed by atoms with Crippen LogP contribution in [-0.4, -0.2) is 58.3 Å². The molecule has 1 aliphatic rings. The van der Waals surface area contributed by atoms with Gasteiger partial charge in [0.25, 0.3) is 0 Å². The quantitative estimate of drug-likeness (QED) is 0.502. The highest BCUT2D eigenvalue weighted by Crippen LogP contribution is 2.26. The Morgan fingerprint density at radius 1 is 1.00 bits per heavy atom. The van der Waals surface area contributed by atoms with Crippen LogP contribution in [0.25, 0.3) is 6.08 Å². The summed E-state index contributed by atoms with van der Waals surface area (Å²) in [6, 6.07) is 11.1. The van der Waals surface area contributed by atoms with E-state index in [0.717, 1.165) is 49.7 Å². The molecule has 1 saturated heterocycles. The molecule has 0 amide bonds. The van der Waals surface area contributed by atoms with Gasteiger partial charge >= 0.3 is 0 Å². The molecule has 1 fully saturated rings. The van der Waals surface area contributed by atoms with Crippen molar-refractivity contribution in [1.82, 2.24) is 4.90 Å². The van der Waals surface area contributed by atoms with Gasteiger partial charge in [0.2, 0.25) is 0 Å². The van der Waals surface area contributed by atoms with Crippen LogP contribution in [-0.2, 0) is 11.3 Å². The van der Waals surface area contributed by atoms with Gasteiger partial charge in [-0.05, 0) is 42.0 Å². The number of ketones is 1. The Bertz CT molecular complexity index is 872. The molecule has 0 radical (unpaired) electrons. The molecule has 0 bridgehead atoms. The summed E-state index contributed by atoms with van der Waals surface area (Å²) in [7, 11) is 4.79. The summed E-state index contributed by atoms with van der Waals surface area (Å²) < 4.78 is 21.5. The highest BCUT2D eigenvalue weighted by molar-refractivity contribution is 6.08. The van der Waals surface area contributed by atoms with E-state index in [9.17, 15) is 4.79 Å². The van der Waals surface area contributed by atoms with Gasteiger partial charge in [0, 0.05) is 25.2 Å². The zero-order chi connectivity index (χ0) is 20.6. The Hall–Kier alpha value is -2.83. The second-order valence-corrected chi connectivity index (χ2v) is 6.72. The van der Waals surface area contributed by atoms with Crippen LogP contribution < -0.4 is 14.2 Å². The number of hydrogen-bond donors (Lipinski definition) is 0. The minimum Gasteiger partial charge on any atom is -0.497 e. The molecule has 0 N–H and O–H groups in total. The first-order chi connectivity index (χ1) is 14.1. The van der Waals surface area contributed by atoms with Gasteiger partial charge in [-0.15, -0.1) is 0 Å². The number of carbonyl (C=O) groups is 1. The summed E-state index contributed by atoms with van der Waals surface area (Å²) in [6.07, 6.45) is 3.36. The predicted molar refractivity (Wildman–Crippen MR) is 112 cm³/mol. The summed E-state index contributed by atoms with van der Waals surface area (Å²) in [6.45, 7) is 4.08. The van der Waals surface area contributed by atoms with E-state index in [1.54, 1.807) is 45.6 Å². The largest absolute Gasteiger partial charge is 0.497 e. The van der Waals surface area contributed by atoms with Crippen molar-refractivity contribution in [3.05, 3.63) is 59.2 Å². The maximum Gasteiger partial charge on any atom is 0.189 e. The van der Waals surface area contributed by atoms with Crippen LogP contribution in [0.5, 0.6) is 17.2 Å². The summed E-state index contributed by atoms with van der Waals surface area (Å²) in [5, 5.41) is 0. The maximum atomic E-state index is 12.7. The van der Waals surface area contributed by atoms with Crippen molar-refractivity contribution >= 4 is 11.9 Å². The third-order valence-corrected chi connectivity index (χ3v) is 4.90. The molecular weight excluding hydrogens is 370 g/mol. The van der Waals surface area contributed by atoms with E-state index in [4.69, 9.17) is 18.9 Å². The molecule has 0 aliphatic carbocycles. The van der Waals surface area contributed by atoms with Crippen LogP contribution in [0.3, 0.4) is 0 Å². The van der Waals surface area contributed by atoms with Gasteiger partial charge in [-0.25, -0.2) is 0 Å². The standard InChI is InChI=1S/C23H27NO5/c1-26-19-6-9-23(28-3)20(15-19)21(25)7-4-17-5-8-22(27-2)18(14-17)16-24-10-12-29-13-11-24/h4-9,14-15H,10-13,16H2,1-3H3/b7-4+. The molecule has 2 aromatic carbocycles. The van der Waals surface area contributed by atoms with Gasteiger partial charge in [0.1, 0.15) is 17.2 Å². The van der Waals surface area contributed by atoms with Crippen molar-refractivity contribution in [3.8, 4) is 17.2 Å². The maximum absolute atomic E-state index is 12.7. The number of hydrogen-bond acceptors (Lipinski definition) is 6. The average molecular weight is 397 g/mol. The summed E-state index contributed by atoms with van der Waals surface area (Å²) in [5.41, 5.74) is 2.48. The van der Waals surface area contributed by atoms with Crippen molar-refractivity contribution in [1.29, 1.82) is 0 Å². The monoisotopic (exact) mass is 397 g/mol. The number of morpholine rings is 1. The fourth-order valence-corrected chi connectivity index (χ4v) is 3.29. The van der Waals surface area contributed by atoms with E-state index in [0.29, 0.717) is 17.1 Å². The minimum absolute atomic E-state index is 0.147. The third kappa shape index (κ3) is 5.37. The van der Waals surface area contributed by atoms with E-state index in [2.05, 4.69) is 11.0 Å². The first-order valence-corrected chi connectivity index (χ1v) is 9.56. The van der Waals surface area contributed by atoms with E-state index in [1.807, 2.05) is 18.2 Å². The molecule has 0 atom stereocenters. The van der Waals surface area contributed by atoms with Crippen molar-refractivity contribution < 1.29 is 23.7 Å². The molecule has 29 heavy (non-hydrogen) atoms. The lowest BCUT2D eigenvalue weighted by Crippen LogP contribution is -2.35. The minimum atomic E-state index is -0.147. The van der Waals surface area contributed by atoms with Gasteiger partial charge in [0.15, 0.2) is 5.78 Å². The molecule has 3 rings (SSSR count). The summed E-state index contributed by atoms with van der Waals surface area (Å²) in [4.78, 5) is 15.1. The van der Waals surface area contributed by atoms with Gasteiger partial charge in [-0.1, -0.05) is 12.1 Å². The van der Waals surface area contributed by atoms with Gasteiger partial charge in [-0.2, -0.15) is 0 Å². The Morgan fingerprint density at radius 3 is 2.41 bits per heavy atom. The lowest BCUT2D eigenvalue weighted by Gasteiger charge is -2.27. The second kappa shape index (κ2) is 10.1. The normalized spacial score (nSPS) is 14.7. The zero-order valence-electron chi connectivity index (χ0n) is 17.1. The number of rotatable bonds is 8. The third-order valence-electron chi connectivity index (χ3n) is 4.90. The molecule has 1 aliphatic heterocycles. The van der Waals surface area contributed by atoms with Crippen LogP contribution >= 0.6 is 0 Å². The lowest BCUT2D eigenvalue weighted by molar-refractivity contribution is 0.0339. The first-order valence-electron chi connectivity index (χ1n) is 9.56. The number of carbonyl (C=O) groups excluding carboxylic acids is 1. The van der Waals surface area contributed by atoms with E-state index < -0.39 is 0 Å². The molecule has 1 heterocycles. The van der Waals surface area contributed by atoms with Crippen molar-refractivity contribution in [2.75, 3.05) is 47.6 Å². The number of allylic oxidation sites excluding steroid dienone is 1. The summed E-state index contributed by atoms with van der Waals surface area (Å²) in [5.74, 6) is 1.82. The first kappa shape index (κ1) is 20.9. The van der Waals surface area contributed by atoms with Crippen molar-refractivity contribution in [2.45, 2.75) is 6.54 Å². The van der Waals surface area contributed by atoms with Crippen LogP contribution in [0.4, 0.5) is 0 Å². The topological polar surface area (TPSA) is 57.2 Å². The lowest BCUT2D eigenvalue weighted by atomic mass is 10.1. The number of ether oxygens (including phenoxy) is 4. The van der Waals surface area contributed by atoms with Crippen LogP contribution in [0.1, 0.15) is 21.5 Å². The molecule has 6 heteroatoms. The molecule has 0 spiro atoms. The highest BCUT2D eigenvalue weighted by Gasteiger charge is 2.14. The van der Waals surface area contributed by atoms with Gasteiger partial charge < -0.3 is 18.9 Å². The van der Waals surface area contributed by atoms with Crippen LogP contribution in [0.2, 0.25) is 0 Å². The Morgan fingerprint density at radius 2 is 1.72 bits per heavy atom. The number of methoxy groups -OCH3 is 3. The molecule has 0 saturated carbocycles. The van der Waals surface area contributed by atoms with Gasteiger partial charge in [0.05, 0.1) is 40.1 Å². The smallest absolute Gasteiger partial charge is 0.189 e. The molecule has 0 unspecified atom stereocenters. The summed E-state index contributed by atoms with van der Waals surface area (Å²) >= 11 is 0. The molecular formula is C23H27NO5. The fraction of sp³-hybridized carbons (Fsp3) is 0.348. The van der Waals surface area contributed by atoms with E-state index in [-0.39, 0.29) is 5.78 Å². The van der Waals surface area contributed by atoms with Crippen molar-refractivity contribution in [2.24, 2.45) is 0 Å². The molecule has 0 aromatic heterocycles. The Kier molecular flexibility index (Phi) is 7.27. The average Bonchev–Trinajstić information content (AvgIpc) is 2.77. The number of nitrogens with zero attached hydrogens (tertiary/aromatic N) is 1. The Balaban J connectivity index is 1.79. The van der Waals surface area contributed by atoms with Crippen LogP contribution in [0.15, 0.2) is 42.5 Å². The van der Waals surface area contributed by atoms with Crippen molar-refractivity contribution in [3.63, 3.8) is 0 Å². The predicted octanol–water partition coefficient (Wildman–Crippen LogP) is 3.44. The zero-order valence-corrected chi connectivity index (χ0v) is 17.1. The SMILES string of the molecule is COc1ccc(OC)c(C(=O)/C=C/c2ccc(OC)c(CN3CCOCC3)c2)c1. The van der Waals surface area contributed by atoms with Crippen LogP contribution in [0, 0.1) is 0 Å². The van der Waals surface area contributed by atoms with Gasteiger partial charge in [-0.3, -0.25) is 9.69 Å².